The van der Waals surface area contributed by atoms with E-state index in [0.717, 1.165) is 47.9 Å². The van der Waals surface area contributed by atoms with Gasteiger partial charge in [-0.25, -0.2) is 9.78 Å². The van der Waals surface area contributed by atoms with Gasteiger partial charge in [-0.3, -0.25) is 14.3 Å². The summed E-state index contributed by atoms with van der Waals surface area (Å²) in [6.07, 6.45) is 5.76. The van der Waals surface area contributed by atoms with Gasteiger partial charge in [-0.05, 0) is 42.2 Å². The van der Waals surface area contributed by atoms with E-state index in [1.165, 1.54) is 4.57 Å². The second-order valence-corrected chi connectivity index (χ2v) is 8.86. The van der Waals surface area contributed by atoms with Crippen LogP contribution in [0.15, 0.2) is 71.7 Å². The van der Waals surface area contributed by atoms with E-state index in [0.29, 0.717) is 17.8 Å². The molecular weight excluding hydrogens is 428 g/mol. The number of fused-ring (bicyclic) bond motifs is 1. The normalized spacial score (nSPS) is 18.1. The van der Waals surface area contributed by atoms with Crippen LogP contribution in [0.2, 0.25) is 0 Å². The lowest BCUT2D eigenvalue weighted by atomic mass is 9.92. The van der Waals surface area contributed by atoms with Gasteiger partial charge in [-0.2, -0.15) is 0 Å². The summed E-state index contributed by atoms with van der Waals surface area (Å²) in [5, 5.41) is 3.21. The van der Waals surface area contributed by atoms with Gasteiger partial charge in [0.05, 0.1) is 24.3 Å². The fourth-order valence-electron chi connectivity index (χ4n) is 4.59. The molecule has 7 heteroatoms. The highest BCUT2D eigenvalue weighted by atomic mass is 16.5. The molecule has 7 nitrogen and oxygen atoms in total. The summed E-state index contributed by atoms with van der Waals surface area (Å²) in [5.41, 5.74) is 4.50. The Labute approximate surface area is 197 Å². The van der Waals surface area contributed by atoms with Crippen LogP contribution in [0.3, 0.4) is 0 Å². The van der Waals surface area contributed by atoms with E-state index in [-0.39, 0.29) is 23.7 Å². The van der Waals surface area contributed by atoms with Crippen molar-refractivity contribution in [3.8, 4) is 11.1 Å². The van der Waals surface area contributed by atoms with Crippen molar-refractivity contribution in [1.82, 2.24) is 19.9 Å². The molecule has 2 heterocycles. The van der Waals surface area contributed by atoms with Gasteiger partial charge in [-0.1, -0.05) is 55.3 Å². The van der Waals surface area contributed by atoms with Crippen molar-refractivity contribution in [2.75, 3.05) is 0 Å². The second kappa shape index (κ2) is 9.65. The molecule has 174 valence electrons. The Morgan fingerprint density at radius 3 is 2.76 bits per heavy atom. The summed E-state index contributed by atoms with van der Waals surface area (Å²) in [5.74, 6) is -0.106. The van der Waals surface area contributed by atoms with E-state index in [9.17, 15) is 9.59 Å². The van der Waals surface area contributed by atoms with Crippen molar-refractivity contribution in [1.29, 1.82) is 0 Å². The lowest BCUT2D eigenvalue weighted by Gasteiger charge is -2.32. The van der Waals surface area contributed by atoms with Crippen LogP contribution >= 0.6 is 0 Å². The average Bonchev–Trinajstić information content (AvgIpc) is 3.17. The van der Waals surface area contributed by atoms with Crippen LogP contribution in [0.1, 0.15) is 41.6 Å². The van der Waals surface area contributed by atoms with E-state index in [1.807, 2.05) is 48.5 Å². The third-order valence-corrected chi connectivity index (χ3v) is 6.54. The van der Waals surface area contributed by atoms with Gasteiger partial charge in [0.25, 0.3) is 5.91 Å². The number of nitrogens with one attached hydrogen (secondary N) is 2. The molecule has 2 atom stereocenters. The number of hydrogen-bond donors (Lipinski definition) is 2. The summed E-state index contributed by atoms with van der Waals surface area (Å²) in [6, 6.07) is 19.5. The third-order valence-electron chi connectivity index (χ3n) is 6.54. The smallest absolute Gasteiger partial charge is 0.327 e. The lowest BCUT2D eigenvalue weighted by molar-refractivity contribution is -0.00461. The molecule has 5 rings (SSSR count). The predicted molar refractivity (Wildman–Crippen MR) is 132 cm³/mol. The number of rotatable bonds is 6. The zero-order valence-corrected chi connectivity index (χ0v) is 19.2. The number of amides is 1. The summed E-state index contributed by atoms with van der Waals surface area (Å²) in [4.78, 5) is 32.1. The fourth-order valence-corrected chi connectivity index (χ4v) is 4.59. The summed E-state index contributed by atoms with van der Waals surface area (Å²) < 4.78 is 7.74. The molecule has 1 aliphatic rings. The largest absolute Gasteiger partial charge is 0.371 e. The molecule has 0 bridgehead atoms. The van der Waals surface area contributed by atoms with Crippen molar-refractivity contribution < 1.29 is 9.53 Å². The highest BCUT2D eigenvalue weighted by Gasteiger charge is 2.27. The number of benzene rings is 2. The minimum Gasteiger partial charge on any atom is -0.371 e. The van der Waals surface area contributed by atoms with Crippen molar-refractivity contribution >= 4 is 17.1 Å². The number of nitrogens with zero attached hydrogens (tertiary/aromatic N) is 2. The van der Waals surface area contributed by atoms with E-state index >= 15 is 0 Å². The number of carbonyl (C=O) groups is 1. The zero-order valence-electron chi connectivity index (χ0n) is 19.2. The quantitative estimate of drug-likeness (QED) is 0.455. The van der Waals surface area contributed by atoms with Crippen LogP contribution in [0, 0.1) is 0 Å². The molecule has 0 spiro atoms. The molecule has 2 aromatic heterocycles. The van der Waals surface area contributed by atoms with Gasteiger partial charge < -0.3 is 10.1 Å². The summed E-state index contributed by atoms with van der Waals surface area (Å²) in [7, 11) is 1.71. The van der Waals surface area contributed by atoms with Crippen molar-refractivity contribution in [2.45, 2.75) is 44.4 Å². The molecule has 1 aliphatic carbocycles. The van der Waals surface area contributed by atoms with Crippen LogP contribution < -0.4 is 11.0 Å². The molecule has 0 saturated heterocycles. The number of carbonyl (C=O) groups excluding carboxylic acids is 1. The number of H-pyrrole nitrogens is 1. The first-order valence-electron chi connectivity index (χ1n) is 11.7. The van der Waals surface area contributed by atoms with Crippen molar-refractivity contribution in [2.24, 2.45) is 7.05 Å². The number of hydrogen-bond acceptors (Lipinski definition) is 4. The maximum absolute atomic E-state index is 13.2. The number of pyridine rings is 1. The van der Waals surface area contributed by atoms with E-state index in [4.69, 9.17) is 4.74 Å². The van der Waals surface area contributed by atoms with Gasteiger partial charge >= 0.3 is 5.69 Å². The van der Waals surface area contributed by atoms with Crippen LogP contribution in [0.5, 0.6) is 0 Å². The second-order valence-electron chi connectivity index (χ2n) is 8.86. The number of ether oxygens (including phenoxy) is 1. The molecule has 2 N–H and O–H groups in total. The highest BCUT2D eigenvalue weighted by molar-refractivity contribution is 5.96. The molecule has 1 amide bonds. The van der Waals surface area contributed by atoms with Gasteiger partial charge in [0.15, 0.2) is 5.65 Å². The first kappa shape index (κ1) is 22.1. The first-order chi connectivity index (χ1) is 16.6. The minimum atomic E-state index is -0.204. The van der Waals surface area contributed by atoms with Crippen LogP contribution in [-0.4, -0.2) is 32.6 Å². The minimum absolute atomic E-state index is 0.00238. The molecule has 1 saturated carbocycles. The topological polar surface area (TPSA) is 89.0 Å². The average molecular weight is 457 g/mol. The standard InChI is InChI=1S/C27H28N4O3/c1-31-23-15-21(16-28-25(23)30-27(31)33)19-10-7-11-20(14-19)26(32)29-22-12-5-6-13-24(22)34-17-18-8-3-2-4-9-18/h2-4,7-11,14-16,22,24H,5-6,12-13,17H2,1H3,(H,29,32)(H,28,30,33). The Hall–Kier alpha value is -3.71. The SMILES string of the molecule is Cn1c(=O)[nH]c2ncc(-c3cccc(C(=O)NC4CCCCC4OCc4ccccc4)c3)cc21. The molecule has 2 unspecified atom stereocenters. The Morgan fingerprint density at radius 2 is 1.91 bits per heavy atom. The Kier molecular flexibility index (Phi) is 6.27. The van der Waals surface area contributed by atoms with Crippen LogP contribution in [0.4, 0.5) is 0 Å². The van der Waals surface area contributed by atoms with Crippen LogP contribution in [0.25, 0.3) is 22.3 Å². The van der Waals surface area contributed by atoms with Crippen molar-refractivity contribution in [3.05, 3.63) is 88.5 Å². The molecule has 4 aromatic rings. The number of aromatic amines is 1. The van der Waals surface area contributed by atoms with Crippen LogP contribution in [-0.2, 0) is 18.4 Å². The monoisotopic (exact) mass is 456 g/mol. The Bertz CT molecular complexity index is 1360. The van der Waals surface area contributed by atoms with Gasteiger partial charge in [0.1, 0.15) is 0 Å². The molecule has 34 heavy (non-hydrogen) atoms. The maximum atomic E-state index is 13.2. The zero-order chi connectivity index (χ0) is 23.5. The van der Waals surface area contributed by atoms with Gasteiger partial charge in [0.2, 0.25) is 0 Å². The molecule has 0 radical (unpaired) electrons. The number of aromatic nitrogens is 3. The van der Waals surface area contributed by atoms with Gasteiger partial charge in [-0.15, -0.1) is 0 Å². The lowest BCUT2D eigenvalue weighted by Crippen LogP contribution is -2.46. The third kappa shape index (κ3) is 4.65. The number of aryl methyl sites for hydroxylation is 1. The first-order valence-corrected chi connectivity index (χ1v) is 11.7. The summed E-state index contributed by atoms with van der Waals surface area (Å²) in [6.45, 7) is 0.546. The van der Waals surface area contributed by atoms with E-state index in [2.05, 4.69) is 27.4 Å². The van der Waals surface area contributed by atoms with E-state index < -0.39 is 0 Å². The van der Waals surface area contributed by atoms with E-state index in [1.54, 1.807) is 13.2 Å². The maximum Gasteiger partial charge on any atom is 0.327 e. The molecule has 0 aliphatic heterocycles. The molecule has 1 fully saturated rings. The predicted octanol–water partition coefficient (Wildman–Crippen LogP) is 4.19. The summed E-state index contributed by atoms with van der Waals surface area (Å²) >= 11 is 0. The Morgan fingerprint density at radius 1 is 1.09 bits per heavy atom. The molecule has 2 aromatic carbocycles. The Balaban J connectivity index is 1.31. The van der Waals surface area contributed by atoms with Crippen molar-refractivity contribution in [3.63, 3.8) is 0 Å². The number of imidazole rings is 1. The highest BCUT2D eigenvalue weighted by Crippen LogP contribution is 2.25. The molecular formula is C27H28N4O3. The fraction of sp³-hybridized carbons (Fsp3) is 0.296. The van der Waals surface area contributed by atoms with Gasteiger partial charge in [0, 0.05) is 24.4 Å².